The molecule has 1 fully saturated rings. The molecule has 1 aliphatic rings. The summed E-state index contributed by atoms with van der Waals surface area (Å²) < 4.78 is 18.5. The highest BCUT2D eigenvalue weighted by molar-refractivity contribution is 5.70. The second kappa shape index (κ2) is 4.56. The van der Waals surface area contributed by atoms with Crippen LogP contribution in [0.5, 0.6) is 0 Å². The lowest BCUT2D eigenvalue weighted by atomic mass is 9.91. The minimum Gasteiger partial charge on any atom is -0.466 e. The van der Waals surface area contributed by atoms with Gasteiger partial charge in [0.15, 0.2) is 0 Å². The summed E-state index contributed by atoms with van der Waals surface area (Å²) in [5.41, 5.74) is -1.34. The first-order valence-electron chi connectivity index (χ1n) is 4.71. The van der Waals surface area contributed by atoms with Gasteiger partial charge in [0, 0.05) is 0 Å². The third kappa shape index (κ3) is 3.30. The zero-order valence-electron chi connectivity index (χ0n) is 7.94. The smallest absolute Gasteiger partial charge is 0.309 e. The van der Waals surface area contributed by atoms with Crippen LogP contribution in [-0.4, -0.2) is 31.3 Å². The molecule has 0 amide bonds. The van der Waals surface area contributed by atoms with Gasteiger partial charge in [-0.2, -0.15) is 0 Å². The summed E-state index contributed by atoms with van der Waals surface area (Å²) in [6, 6.07) is 0. The minimum absolute atomic E-state index is 0.0947. The summed E-state index contributed by atoms with van der Waals surface area (Å²) in [6.45, 7) is 3.35. The molecule has 0 bridgehead atoms. The van der Waals surface area contributed by atoms with Crippen molar-refractivity contribution in [1.82, 2.24) is 5.32 Å². The van der Waals surface area contributed by atoms with Crippen molar-refractivity contribution in [3.8, 4) is 0 Å². The number of hydrogen-bond donors (Lipinski definition) is 1. The molecule has 0 radical (unpaired) electrons. The van der Waals surface area contributed by atoms with Crippen molar-refractivity contribution < 1.29 is 13.9 Å². The molecule has 4 heteroatoms. The van der Waals surface area contributed by atoms with Gasteiger partial charge >= 0.3 is 5.97 Å². The van der Waals surface area contributed by atoms with E-state index < -0.39 is 11.6 Å². The number of nitrogens with one attached hydrogen (secondary N) is 1. The Labute approximate surface area is 77.6 Å². The monoisotopic (exact) mass is 189 g/mol. The lowest BCUT2D eigenvalue weighted by Crippen LogP contribution is -2.40. The lowest BCUT2D eigenvalue weighted by Gasteiger charge is -2.28. The lowest BCUT2D eigenvalue weighted by molar-refractivity contribution is -0.146. The van der Waals surface area contributed by atoms with Gasteiger partial charge in [0.1, 0.15) is 5.67 Å². The average molecular weight is 189 g/mol. The molecule has 0 aromatic carbocycles. The minimum atomic E-state index is -1.34. The molecule has 1 rings (SSSR count). The number of carbonyl (C=O) groups is 1. The van der Waals surface area contributed by atoms with Crippen molar-refractivity contribution >= 4 is 5.97 Å². The molecule has 0 aromatic rings. The van der Waals surface area contributed by atoms with Gasteiger partial charge in [-0.25, -0.2) is 4.39 Å². The number of ether oxygens (including phenoxy) is 1. The Morgan fingerprint density at radius 1 is 1.54 bits per heavy atom. The number of hydrogen-bond acceptors (Lipinski definition) is 3. The van der Waals surface area contributed by atoms with Crippen molar-refractivity contribution in [2.75, 3.05) is 19.7 Å². The zero-order valence-corrected chi connectivity index (χ0v) is 7.94. The van der Waals surface area contributed by atoms with Crippen LogP contribution in [-0.2, 0) is 9.53 Å². The number of rotatable bonds is 3. The van der Waals surface area contributed by atoms with Gasteiger partial charge in [0.2, 0.25) is 0 Å². The van der Waals surface area contributed by atoms with Gasteiger partial charge in [-0.3, -0.25) is 4.79 Å². The molecule has 0 atom stereocenters. The van der Waals surface area contributed by atoms with E-state index in [4.69, 9.17) is 4.74 Å². The molecule has 76 valence electrons. The zero-order chi connectivity index (χ0) is 9.73. The van der Waals surface area contributed by atoms with Crippen molar-refractivity contribution in [3.63, 3.8) is 0 Å². The van der Waals surface area contributed by atoms with E-state index in [-0.39, 0.29) is 6.42 Å². The van der Waals surface area contributed by atoms with E-state index in [1.165, 1.54) is 0 Å². The normalized spacial score (nSPS) is 21.1. The van der Waals surface area contributed by atoms with Crippen LogP contribution in [0.1, 0.15) is 26.2 Å². The van der Waals surface area contributed by atoms with Gasteiger partial charge in [-0.15, -0.1) is 0 Å². The molecule has 1 N–H and O–H groups in total. The third-order valence-corrected chi connectivity index (χ3v) is 2.27. The maximum absolute atomic E-state index is 13.8. The molecular formula is C9H16FNO2. The van der Waals surface area contributed by atoms with Gasteiger partial charge in [0.05, 0.1) is 13.0 Å². The quantitative estimate of drug-likeness (QED) is 0.674. The molecule has 0 aromatic heterocycles. The third-order valence-electron chi connectivity index (χ3n) is 2.27. The molecule has 13 heavy (non-hydrogen) atoms. The molecule has 0 unspecified atom stereocenters. The van der Waals surface area contributed by atoms with Crippen LogP contribution in [0.2, 0.25) is 0 Å². The summed E-state index contributed by atoms with van der Waals surface area (Å²) in [6.07, 6.45) is 0.722. The fraction of sp³-hybridized carbons (Fsp3) is 0.889. The van der Waals surface area contributed by atoms with Crippen LogP contribution in [0, 0.1) is 0 Å². The average Bonchev–Trinajstić information content (AvgIpc) is 2.04. The summed E-state index contributed by atoms with van der Waals surface area (Å²) in [7, 11) is 0. The largest absolute Gasteiger partial charge is 0.466 e. The molecule has 1 heterocycles. The van der Waals surface area contributed by atoms with Crippen LogP contribution in [0.15, 0.2) is 0 Å². The van der Waals surface area contributed by atoms with E-state index in [0.29, 0.717) is 32.5 Å². The van der Waals surface area contributed by atoms with Gasteiger partial charge in [-0.1, -0.05) is 0 Å². The summed E-state index contributed by atoms with van der Waals surface area (Å²) in [5, 5.41) is 3.05. The van der Waals surface area contributed by atoms with Crippen molar-refractivity contribution in [2.45, 2.75) is 31.9 Å². The molecule has 1 saturated heterocycles. The maximum Gasteiger partial charge on any atom is 0.309 e. The Bertz CT molecular complexity index is 178. The first-order chi connectivity index (χ1) is 6.16. The van der Waals surface area contributed by atoms with Crippen LogP contribution in [0.25, 0.3) is 0 Å². The van der Waals surface area contributed by atoms with Crippen LogP contribution in [0.4, 0.5) is 4.39 Å². The number of carbonyl (C=O) groups excluding carboxylic acids is 1. The highest BCUT2D eigenvalue weighted by Gasteiger charge is 2.34. The number of alkyl halides is 1. The van der Waals surface area contributed by atoms with Crippen LogP contribution in [0.3, 0.4) is 0 Å². The first kappa shape index (κ1) is 10.4. The van der Waals surface area contributed by atoms with E-state index in [1.54, 1.807) is 6.92 Å². The highest BCUT2D eigenvalue weighted by atomic mass is 19.1. The van der Waals surface area contributed by atoms with Gasteiger partial charge in [0.25, 0.3) is 0 Å². The fourth-order valence-electron chi connectivity index (χ4n) is 1.52. The Hall–Kier alpha value is -0.640. The van der Waals surface area contributed by atoms with Crippen molar-refractivity contribution in [1.29, 1.82) is 0 Å². The predicted molar refractivity (Wildman–Crippen MR) is 47.2 cm³/mol. The van der Waals surface area contributed by atoms with E-state index in [2.05, 4.69) is 5.32 Å². The summed E-state index contributed by atoms with van der Waals surface area (Å²) in [5.74, 6) is -0.424. The van der Waals surface area contributed by atoms with Crippen molar-refractivity contribution in [2.24, 2.45) is 0 Å². The van der Waals surface area contributed by atoms with Crippen molar-refractivity contribution in [3.05, 3.63) is 0 Å². The summed E-state index contributed by atoms with van der Waals surface area (Å²) in [4.78, 5) is 11.0. The Morgan fingerprint density at radius 2 is 2.15 bits per heavy atom. The Morgan fingerprint density at radius 3 is 2.69 bits per heavy atom. The fourth-order valence-corrected chi connectivity index (χ4v) is 1.52. The van der Waals surface area contributed by atoms with Gasteiger partial charge < -0.3 is 10.1 Å². The number of esters is 1. The van der Waals surface area contributed by atoms with Gasteiger partial charge in [-0.05, 0) is 32.9 Å². The topological polar surface area (TPSA) is 38.3 Å². The van der Waals surface area contributed by atoms with E-state index >= 15 is 0 Å². The second-order valence-electron chi connectivity index (χ2n) is 3.38. The first-order valence-corrected chi connectivity index (χ1v) is 4.71. The number of halogens is 1. The standard InChI is InChI=1S/C9H16FNO2/c1-2-13-8(12)7-9(10)3-5-11-6-4-9/h11H,2-7H2,1H3. The molecule has 0 spiro atoms. The second-order valence-corrected chi connectivity index (χ2v) is 3.38. The number of piperidine rings is 1. The Balaban J connectivity index is 2.36. The maximum atomic E-state index is 13.8. The van der Waals surface area contributed by atoms with E-state index in [0.717, 1.165) is 0 Å². The summed E-state index contributed by atoms with van der Waals surface area (Å²) >= 11 is 0. The molecule has 0 saturated carbocycles. The Kier molecular flexibility index (Phi) is 3.66. The van der Waals surface area contributed by atoms with Crippen LogP contribution >= 0.6 is 0 Å². The van der Waals surface area contributed by atoms with Crippen LogP contribution < -0.4 is 5.32 Å². The highest BCUT2D eigenvalue weighted by Crippen LogP contribution is 2.27. The molecule has 1 aliphatic heterocycles. The van der Waals surface area contributed by atoms with E-state index in [9.17, 15) is 9.18 Å². The molecule has 3 nitrogen and oxygen atoms in total. The SMILES string of the molecule is CCOC(=O)CC1(F)CCNCC1. The molecular weight excluding hydrogens is 173 g/mol. The van der Waals surface area contributed by atoms with E-state index in [1.807, 2.05) is 0 Å². The molecule has 0 aliphatic carbocycles. The predicted octanol–water partition coefficient (Wildman–Crippen LogP) is 1.03.